The zero-order chi connectivity index (χ0) is 23.7. The third-order valence-corrected chi connectivity index (χ3v) is 6.29. The van der Waals surface area contributed by atoms with E-state index in [1.54, 1.807) is 6.07 Å². The van der Waals surface area contributed by atoms with Gasteiger partial charge in [0.25, 0.3) is 0 Å². The molecule has 170 valence electrons. The molecule has 0 atom stereocenters. The highest BCUT2D eigenvalue weighted by molar-refractivity contribution is 6.36. The van der Waals surface area contributed by atoms with Crippen molar-refractivity contribution in [2.75, 3.05) is 6.61 Å². The number of hydrogen-bond acceptors (Lipinski definition) is 3. The van der Waals surface area contributed by atoms with Crippen LogP contribution in [0.3, 0.4) is 0 Å². The van der Waals surface area contributed by atoms with Crippen LogP contribution >= 0.6 is 23.2 Å². The highest BCUT2D eigenvalue weighted by Crippen LogP contribution is 2.35. The summed E-state index contributed by atoms with van der Waals surface area (Å²) in [6.07, 6.45) is 2.71. The van der Waals surface area contributed by atoms with Gasteiger partial charge in [-0.1, -0.05) is 77.8 Å². The molecule has 34 heavy (non-hydrogen) atoms. The molecule has 0 spiro atoms. The maximum atomic E-state index is 12.0. The van der Waals surface area contributed by atoms with E-state index in [0.29, 0.717) is 40.7 Å². The summed E-state index contributed by atoms with van der Waals surface area (Å²) >= 11 is 12.4. The lowest BCUT2D eigenvalue weighted by molar-refractivity contribution is 0.0690. The third-order valence-electron chi connectivity index (χ3n) is 5.80. The molecule has 0 unspecified atom stereocenters. The number of nitrogens with zero attached hydrogens (tertiary/aromatic N) is 1. The van der Waals surface area contributed by atoms with Crippen molar-refractivity contribution in [3.8, 4) is 17.0 Å². The quantitative estimate of drug-likeness (QED) is 0.233. The van der Waals surface area contributed by atoms with Gasteiger partial charge in [-0.15, -0.1) is 0 Å². The van der Waals surface area contributed by atoms with E-state index in [9.17, 15) is 9.90 Å². The zero-order valence-electron chi connectivity index (χ0n) is 18.0. The van der Waals surface area contributed by atoms with E-state index < -0.39 is 5.97 Å². The van der Waals surface area contributed by atoms with Crippen LogP contribution in [-0.4, -0.2) is 27.7 Å². The van der Waals surface area contributed by atoms with Crippen LogP contribution in [-0.2, 0) is 6.42 Å². The molecule has 0 fully saturated rings. The molecule has 5 rings (SSSR count). The Labute approximate surface area is 205 Å². The second-order valence-corrected chi connectivity index (χ2v) is 8.77. The lowest BCUT2D eigenvalue weighted by Crippen LogP contribution is -2.04. The molecule has 2 heterocycles. The van der Waals surface area contributed by atoms with Gasteiger partial charge in [-0.25, -0.2) is 4.79 Å². The number of ether oxygens (including phenoxy) is 1. The summed E-state index contributed by atoms with van der Waals surface area (Å²) in [6, 6.07) is 21.3. The predicted molar refractivity (Wildman–Crippen MR) is 136 cm³/mol. The second-order valence-electron chi connectivity index (χ2n) is 7.93. The van der Waals surface area contributed by atoms with Crippen molar-refractivity contribution in [3.63, 3.8) is 0 Å². The van der Waals surface area contributed by atoms with E-state index in [1.165, 1.54) is 6.20 Å². The number of carbonyl (C=O) groups is 1. The number of fused-ring (bicyclic) bond motifs is 2. The van der Waals surface area contributed by atoms with E-state index >= 15 is 0 Å². The monoisotopic (exact) mass is 490 g/mol. The lowest BCUT2D eigenvalue weighted by Gasteiger charge is -2.09. The Morgan fingerprint density at radius 3 is 2.59 bits per heavy atom. The minimum absolute atomic E-state index is 0.165. The lowest BCUT2D eigenvalue weighted by atomic mass is 10.0. The van der Waals surface area contributed by atoms with Crippen molar-refractivity contribution in [2.45, 2.75) is 12.8 Å². The minimum Gasteiger partial charge on any atom is -0.493 e. The summed E-state index contributed by atoms with van der Waals surface area (Å²) in [6.45, 7) is 0.462. The van der Waals surface area contributed by atoms with Gasteiger partial charge in [-0.2, -0.15) is 0 Å². The summed E-state index contributed by atoms with van der Waals surface area (Å²) in [4.78, 5) is 19.5. The minimum atomic E-state index is -1.01. The number of aryl methyl sites for hydroxylation is 1. The Balaban J connectivity index is 1.42. The van der Waals surface area contributed by atoms with Crippen LogP contribution in [0.2, 0.25) is 10.0 Å². The molecule has 0 aliphatic rings. The largest absolute Gasteiger partial charge is 0.493 e. The number of hydrogen-bond donors (Lipinski definition) is 2. The maximum absolute atomic E-state index is 12.0. The number of nitrogens with one attached hydrogen (secondary N) is 1. The number of aromatic amines is 1. The zero-order valence-corrected chi connectivity index (χ0v) is 19.5. The van der Waals surface area contributed by atoms with E-state index in [2.05, 4.69) is 9.97 Å². The van der Waals surface area contributed by atoms with Crippen molar-refractivity contribution < 1.29 is 14.6 Å². The molecule has 5 aromatic rings. The van der Waals surface area contributed by atoms with Gasteiger partial charge < -0.3 is 14.8 Å². The Kier molecular flexibility index (Phi) is 6.14. The van der Waals surface area contributed by atoms with Crippen LogP contribution in [0.5, 0.6) is 5.75 Å². The highest BCUT2D eigenvalue weighted by Gasteiger charge is 2.20. The normalized spacial score (nSPS) is 11.2. The summed E-state index contributed by atoms with van der Waals surface area (Å²) < 4.78 is 6.05. The third kappa shape index (κ3) is 4.20. The fraction of sp³-hybridized carbons (Fsp3) is 0.111. The smallest absolute Gasteiger partial charge is 0.352 e. The van der Waals surface area contributed by atoms with Crippen LogP contribution in [0.15, 0.2) is 72.9 Å². The first-order chi connectivity index (χ1) is 16.5. The number of aromatic carboxylic acids is 1. The number of rotatable bonds is 7. The molecule has 3 aromatic carbocycles. The van der Waals surface area contributed by atoms with E-state index in [0.717, 1.165) is 33.0 Å². The van der Waals surface area contributed by atoms with Crippen molar-refractivity contribution >= 4 is 50.8 Å². The molecule has 0 radical (unpaired) electrons. The Morgan fingerprint density at radius 1 is 1.00 bits per heavy atom. The van der Waals surface area contributed by atoms with Gasteiger partial charge in [-0.3, -0.25) is 4.98 Å². The van der Waals surface area contributed by atoms with E-state index in [-0.39, 0.29) is 5.69 Å². The molecule has 2 aromatic heterocycles. The number of carboxylic acid groups (broad SMARTS) is 1. The SMILES string of the molecule is O=C(O)c1[nH]c2c(-c3ncc(Cl)cc3Cl)cccc2c1CCCOc1cccc2ccccc12. The molecule has 0 aliphatic carbocycles. The van der Waals surface area contributed by atoms with Gasteiger partial charge in [0.2, 0.25) is 0 Å². The molecule has 0 bridgehead atoms. The summed E-state index contributed by atoms with van der Waals surface area (Å²) in [5.74, 6) is -0.191. The van der Waals surface area contributed by atoms with Gasteiger partial charge in [0.1, 0.15) is 11.4 Å². The van der Waals surface area contributed by atoms with E-state index in [4.69, 9.17) is 27.9 Å². The molecular weight excluding hydrogens is 471 g/mol. The topological polar surface area (TPSA) is 75.2 Å². The highest BCUT2D eigenvalue weighted by atomic mass is 35.5. The van der Waals surface area contributed by atoms with Crippen LogP contribution in [0.4, 0.5) is 0 Å². The van der Waals surface area contributed by atoms with Crippen molar-refractivity contribution in [1.29, 1.82) is 0 Å². The molecule has 0 aliphatic heterocycles. The van der Waals surface area contributed by atoms with Crippen LogP contribution in [0, 0.1) is 0 Å². The fourth-order valence-corrected chi connectivity index (χ4v) is 4.76. The summed E-state index contributed by atoms with van der Waals surface area (Å²) in [5.41, 5.74) is 2.84. The van der Waals surface area contributed by atoms with E-state index in [1.807, 2.05) is 60.7 Å². The maximum Gasteiger partial charge on any atom is 0.352 e. The van der Waals surface area contributed by atoms with Gasteiger partial charge in [0.05, 0.1) is 27.9 Å². The van der Waals surface area contributed by atoms with Crippen LogP contribution in [0.1, 0.15) is 22.5 Å². The number of H-pyrrole nitrogens is 1. The Bertz CT molecular complexity index is 1520. The molecule has 0 amide bonds. The number of aromatic nitrogens is 2. The van der Waals surface area contributed by atoms with Gasteiger partial charge in [0.15, 0.2) is 0 Å². The number of carboxylic acids is 1. The van der Waals surface area contributed by atoms with Crippen LogP contribution in [0.25, 0.3) is 32.9 Å². The average molecular weight is 491 g/mol. The van der Waals surface area contributed by atoms with Gasteiger partial charge in [0, 0.05) is 22.5 Å². The van der Waals surface area contributed by atoms with Crippen molar-refractivity contribution in [3.05, 3.63) is 94.2 Å². The van der Waals surface area contributed by atoms with Crippen molar-refractivity contribution in [1.82, 2.24) is 9.97 Å². The first kappa shape index (κ1) is 22.3. The molecule has 5 nitrogen and oxygen atoms in total. The molecule has 0 saturated carbocycles. The number of benzene rings is 3. The number of para-hydroxylation sites is 1. The summed E-state index contributed by atoms with van der Waals surface area (Å²) in [5, 5.41) is 13.7. The fourth-order valence-electron chi connectivity index (χ4n) is 4.28. The summed E-state index contributed by atoms with van der Waals surface area (Å²) in [7, 11) is 0. The second kappa shape index (κ2) is 9.37. The van der Waals surface area contributed by atoms with Crippen LogP contribution < -0.4 is 4.74 Å². The average Bonchev–Trinajstić information content (AvgIpc) is 3.21. The van der Waals surface area contributed by atoms with Crippen molar-refractivity contribution in [2.24, 2.45) is 0 Å². The first-order valence-electron chi connectivity index (χ1n) is 10.8. The number of halogens is 2. The standard InChI is InChI=1S/C27H20Cl2N2O3/c28-17-14-22(29)25(30-15-17)21-10-4-9-19-20(26(27(32)33)31-24(19)21)11-5-13-34-23-12-3-7-16-6-1-2-8-18(16)23/h1-4,6-10,12,14-15,31H,5,11,13H2,(H,32,33). The van der Waals surface area contributed by atoms with Gasteiger partial charge in [-0.05, 0) is 35.9 Å². The molecular formula is C27H20Cl2N2O3. The predicted octanol–water partition coefficient (Wildman–Crippen LogP) is 7.40. The molecule has 7 heteroatoms. The molecule has 0 saturated heterocycles. The van der Waals surface area contributed by atoms with Gasteiger partial charge >= 0.3 is 5.97 Å². The first-order valence-corrected chi connectivity index (χ1v) is 11.6. The Hall–Kier alpha value is -3.54. The molecule has 2 N–H and O–H groups in total. The number of pyridine rings is 1. The Morgan fingerprint density at radius 2 is 1.76 bits per heavy atom.